The number of anilines is 1. The van der Waals surface area contributed by atoms with E-state index in [-0.39, 0.29) is 6.61 Å². The number of carbonyl (C=O) groups excluding carboxylic acids is 1. The molecule has 0 aliphatic carbocycles. The molecular weight excluding hydrogens is 258 g/mol. The molecule has 1 atom stereocenters. The fourth-order valence-corrected chi connectivity index (χ4v) is 1.89. The smallest absolute Gasteiger partial charge is 0.319 e. The van der Waals surface area contributed by atoms with Crippen LogP contribution < -0.4 is 10.6 Å². The third kappa shape index (κ3) is 3.16. The number of hydrogen-bond acceptors (Lipinski definition) is 4. The maximum atomic E-state index is 12.0. The number of aliphatic hydroxyl groups excluding tert-OH is 1. The van der Waals surface area contributed by atoms with Crippen molar-refractivity contribution in [3.8, 4) is 0 Å². The molecule has 6 nitrogen and oxygen atoms in total. The first kappa shape index (κ1) is 14.1. The Morgan fingerprint density at radius 1 is 1.35 bits per heavy atom. The van der Waals surface area contributed by atoms with E-state index in [1.54, 1.807) is 13.8 Å². The predicted molar refractivity (Wildman–Crippen MR) is 74.4 cm³/mol. The minimum Gasteiger partial charge on any atom is -0.394 e. The van der Waals surface area contributed by atoms with Crippen LogP contribution in [-0.2, 0) is 0 Å². The Hall–Kier alpha value is -2.34. The summed E-state index contributed by atoms with van der Waals surface area (Å²) in [5, 5.41) is 18.5. The van der Waals surface area contributed by atoms with Gasteiger partial charge in [-0.1, -0.05) is 35.5 Å². The Morgan fingerprint density at radius 2 is 2.05 bits per heavy atom. The molecule has 2 rings (SSSR count). The molecule has 0 aliphatic heterocycles. The molecule has 0 unspecified atom stereocenters. The first-order chi connectivity index (χ1) is 9.61. The highest BCUT2D eigenvalue weighted by Crippen LogP contribution is 2.19. The van der Waals surface area contributed by atoms with Gasteiger partial charge in [0, 0.05) is 0 Å². The Kier molecular flexibility index (Phi) is 4.37. The summed E-state index contributed by atoms with van der Waals surface area (Å²) in [6.07, 6.45) is 0. The number of nitrogens with zero attached hydrogens (tertiary/aromatic N) is 1. The number of aliphatic hydroxyl groups is 1. The van der Waals surface area contributed by atoms with Gasteiger partial charge in [-0.15, -0.1) is 0 Å². The Morgan fingerprint density at radius 3 is 2.60 bits per heavy atom. The lowest BCUT2D eigenvalue weighted by atomic mass is 10.1. The van der Waals surface area contributed by atoms with E-state index in [1.165, 1.54) is 0 Å². The largest absolute Gasteiger partial charge is 0.394 e. The summed E-state index contributed by atoms with van der Waals surface area (Å²) in [6.45, 7) is 3.28. The van der Waals surface area contributed by atoms with Gasteiger partial charge in [-0.05, 0) is 19.4 Å². The van der Waals surface area contributed by atoms with Gasteiger partial charge in [0.05, 0.1) is 12.6 Å². The summed E-state index contributed by atoms with van der Waals surface area (Å²) < 4.78 is 4.97. The Balaban J connectivity index is 2.03. The molecule has 0 fully saturated rings. The fraction of sp³-hybridized carbons (Fsp3) is 0.286. The van der Waals surface area contributed by atoms with E-state index in [1.807, 2.05) is 30.3 Å². The van der Waals surface area contributed by atoms with E-state index < -0.39 is 12.1 Å². The maximum Gasteiger partial charge on any atom is 0.319 e. The molecule has 0 saturated carbocycles. The Labute approximate surface area is 116 Å². The third-order valence-electron chi connectivity index (χ3n) is 2.96. The minimum absolute atomic E-state index is 0.182. The number of benzene rings is 1. The molecule has 2 aromatic rings. The lowest BCUT2D eigenvalue weighted by molar-refractivity contribution is 0.225. The second-order valence-electron chi connectivity index (χ2n) is 4.44. The monoisotopic (exact) mass is 275 g/mol. The molecule has 1 aromatic heterocycles. The molecule has 1 aromatic carbocycles. The zero-order valence-electron chi connectivity index (χ0n) is 11.4. The van der Waals surface area contributed by atoms with Crippen molar-refractivity contribution < 1.29 is 14.4 Å². The highest BCUT2D eigenvalue weighted by molar-refractivity contribution is 5.90. The van der Waals surface area contributed by atoms with Crippen LogP contribution >= 0.6 is 0 Å². The summed E-state index contributed by atoms with van der Waals surface area (Å²) in [5.41, 5.74) is 1.99. The van der Waals surface area contributed by atoms with Gasteiger partial charge >= 0.3 is 6.03 Å². The molecule has 0 spiro atoms. The quantitative estimate of drug-likeness (QED) is 0.797. The van der Waals surface area contributed by atoms with Gasteiger partial charge in [-0.3, -0.25) is 0 Å². The highest BCUT2D eigenvalue weighted by Gasteiger charge is 2.16. The lowest BCUT2D eigenvalue weighted by Gasteiger charge is -2.17. The summed E-state index contributed by atoms with van der Waals surface area (Å²) in [4.78, 5) is 12.0. The first-order valence-electron chi connectivity index (χ1n) is 6.28. The van der Waals surface area contributed by atoms with Crippen LogP contribution in [0.2, 0.25) is 0 Å². The molecule has 6 heteroatoms. The van der Waals surface area contributed by atoms with Gasteiger partial charge in [0.25, 0.3) is 0 Å². The number of amides is 2. The average Bonchev–Trinajstić information content (AvgIpc) is 2.77. The van der Waals surface area contributed by atoms with Crippen LogP contribution in [0.1, 0.15) is 23.1 Å². The second-order valence-corrected chi connectivity index (χ2v) is 4.44. The zero-order chi connectivity index (χ0) is 14.5. The van der Waals surface area contributed by atoms with E-state index in [2.05, 4.69) is 15.8 Å². The van der Waals surface area contributed by atoms with Crippen molar-refractivity contribution in [2.75, 3.05) is 11.9 Å². The first-order valence-corrected chi connectivity index (χ1v) is 6.28. The van der Waals surface area contributed by atoms with Crippen LogP contribution in [0.15, 0.2) is 34.9 Å². The predicted octanol–water partition coefficient (Wildman–Crippen LogP) is 2.15. The van der Waals surface area contributed by atoms with E-state index >= 15 is 0 Å². The van der Waals surface area contributed by atoms with Gasteiger partial charge in [0.15, 0.2) is 5.76 Å². The summed E-state index contributed by atoms with van der Waals surface area (Å²) in [5.74, 6) is 0.540. The minimum atomic E-state index is -0.461. The van der Waals surface area contributed by atoms with E-state index in [4.69, 9.17) is 4.52 Å². The van der Waals surface area contributed by atoms with Crippen LogP contribution in [0.4, 0.5) is 10.5 Å². The molecule has 106 valence electrons. The second kappa shape index (κ2) is 6.21. The molecule has 2 amide bonds. The molecule has 0 bridgehead atoms. The summed E-state index contributed by atoms with van der Waals surface area (Å²) in [7, 11) is 0. The Bertz CT molecular complexity index is 561. The molecule has 0 aliphatic rings. The fourth-order valence-electron chi connectivity index (χ4n) is 1.89. The average molecular weight is 275 g/mol. The zero-order valence-corrected chi connectivity index (χ0v) is 11.4. The summed E-state index contributed by atoms with van der Waals surface area (Å²) in [6, 6.07) is 8.40. The molecule has 20 heavy (non-hydrogen) atoms. The van der Waals surface area contributed by atoms with E-state index in [0.29, 0.717) is 17.1 Å². The van der Waals surface area contributed by atoms with Gasteiger partial charge in [0.2, 0.25) is 0 Å². The third-order valence-corrected chi connectivity index (χ3v) is 2.96. The molecule has 3 N–H and O–H groups in total. The van der Waals surface area contributed by atoms with Crippen LogP contribution in [0.3, 0.4) is 0 Å². The van der Waals surface area contributed by atoms with Crippen molar-refractivity contribution in [2.24, 2.45) is 0 Å². The number of nitrogens with one attached hydrogen (secondary N) is 2. The molecule has 0 radical (unpaired) electrons. The molecule has 1 heterocycles. The number of aryl methyl sites for hydroxylation is 2. The van der Waals surface area contributed by atoms with E-state index in [9.17, 15) is 9.90 Å². The van der Waals surface area contributed by atoms with Crippen molar-refractivity contribution in [2.45, 2.75) is 19.9 Å². The lowest BCUT2D eigenvalue weighted by Crippen LogP contribution is -2.34. The standard InChI is InChI=1S/C14H17N3O3/c1-9-13(10(2)20-17-9)16-14(19)15-12(8-18)11-6-4-3-5-7-11/h3-7,12,18H,8H2,1-2H3,(H2,15,16,19)/t12-/m1/s1. The van der Waals surface area contributed by atoms with Crippen molar-refractivity contribution in [3.63, 3.8) is 0 Å². The van der Waals surface area contributed by atoms with Crippen molar-refractivity contribution in [1.29, 1.82) is 0 Å². The number of rotatable bonds is 4. The van der Waals surface area contributed by atoms with Crippen LogP contribution in [0.25, 0.3) is 0 Å². The maximum absolute atomic E-state index is 12.0. The van der Waals surface area contributed by atoms with Crippen molar-refractivity contribution in [1.82, 2.24) is 10.5 Å². The van der Waals surface area contributed by atoms with Gasteiger partial charge in [-0.2, -0.15) is 0 Å². The SMILES string of the molecule is Cc1noc(C)c1NC(=O)N[C@H](CO)c1ccccc1. The number of carbonyl (C=O) groups is 1. The van der Waals surface area contributed by atoms with Gasteiger partial charge < -0.3 is 20.3 Å². The molecule has 0 saturated heterocycles. The summed E-state index contributed by atoms with van der Waals surface area (Å²) >= 11 is 0. The highest BCUT2D eigenvalue weighted by atomic mass is 16.5. The molecular formula is C14H17N3O3. The number of hydrogen-bond donors (Lipinski definition) is 3. The normalized spacial score (nSPS) is 11.9. The van der Waals surface area contributed by atoms with Crippen LogP contribution in [-0.4, -0.2) is 22.9 Å². The number of urea groups is 1. The van der Waals surface area contributed by atoms with Gasteiger partial charge in [0.1, 0.15) is 11.4 Å². The topological polar surface area (TPSA) is 87.4 Å². The van der Waals surface area contributed by atoms with E-state index in [0.717, 1.165) is 5.56 Å². The van der Waals surface area contributed by atoms with Crippen molar-refractivity contribution in [3.05, 3.63) is 47.3 Å². The number of aromatic nitrogens is 1. The van der Waals surface area contributed by atoms with Crippen molar-refractivity contribution >= 4 is 11.7 Å². The van der Waals surface area contributed by atoms with Gasteiger partial charge in [-0.25, -0.2) is 4.79 Å². The van der Waals surface area contributed by atoms with Crippen LogP contribution in [0.5, 0.6) is 0 Å². The van der Waals surface area contributed by atoms with Crippen LogP contribution in [0, 0.1) is 13.8 Å².